The lowest BCUT2D eigenvalue weighted by molar-refractivity contribution is -0.126. The predicted molar refractivity (Wildman–Crippen MR) is 62.6 cm³/mol. The molecule has 0 aliphatic carbocycles. The first-order valence-corrected chi connectivity index (χ1v) is 6.04. The Morgan fingerprint density at radius 2 is 2.07 bits per heavy atom. The summed E-state index contributed by atoms with van der Waals surface area (Å²) in [7, 11) is 0. The highest BCUT2D eigenvalue weighted by molar-refractivity contribution is 5.78. The molecule has 1 rings (SSSR count). The fraction of sp³-hybridized carbons (Fsp3) is 0.917. The van der Waals surface area contributed by atoms with Gasteiger partial charge in [-0.15, -0.1) is 0 Å². The number of carbonyl (C=O) groups is 1. The predicted octanol–water partition coefficient (Wildman–Crippen LogP) is 1.54. The number of rotatable bonds is 3. The Morgan fingerprint density at radius 1 is 1.40 bits per heavy atom. The van der Waals surface area contributed by atoms with Crippen LogP contribution in [-0.4, -0.2) is 24.5 Å². The van der Waals surface area contributed by atoms with Crippen LogP contribution in [0.5, 0.6) is 0 Å². The van der Waals surface area contributed by atoms with E-state index in [1.165, 1.54) is 0 Å². The molecule has 1 aliphatic heterocycles. The highest BCUT2D eigenvalue weighted by Gasteiger charge is 2.23. The molecule has 1 saturated heterocycles. The second kappa shape index (κ2) is 5.50. The second-order valence-corrected chi connectivity index (χ2v) is 5.12. The quantitative estimate of drug-likeness (QED) is 0.745. The van der Waals surface area contributed by atoms with E-state index in [1.54, 1.807) is 0 Å². The van der Waals surface area contributed by atoms with Gasteiger partial charge in [0.2, 0.25) is 5.91 Å². The summed E-state index contributed by atoms with van der Waals surface area (Å²) in [6, 6.07) is 0.897. The van der Waals surface area contributed by atoms with Crippen molar-refractivity contribution in [3.8, 4) is 0 Å². The summed E-state index contributed by atoms with van der Waals surface area (Å²) in [6.07, 6.45) is 2.11. The van der Waals surface area contributed by atoms with Crippen LogP contribution >= 0.6 is 0 Å². The van der Waals surface area contributed by atoms with Gasteiger partial charge >= 0.3 is 0 Å². The molecule has 1 fully saturated rings. The van der Waals surface area contributed by atoms with E-state index in [4.69, 9.17) is 0 Å². The molecule has 3 atom stereocenters. The second-order valence-electron chi connectivity index (χ2n) is 5.12. The van der Waals surface area contributed by atoms with Crippen molar-refractivity contribution in [2.75, 3.05) is 6.54 Å². The molecule has 3 heteroatoms. The SMILES string of the molecule is CC1CC(NC(=O)C(C)C(C)C)CCN1. The fourth-order valence-corrected chi connectivity index (χ4v) is 1.90. The molecule has 0 aromatic carbocycles. The average molecular weight is 212 g/mol. The van der Waals surface area contributed by atoms with Gasteiger partial charge in [-0.1, -0.05) is 20.8 Å². The lowest BCUT2D eigenvalue weighted by atomic mass is 9.95. The molecule has 0 saturated carbocycles. The zero-order chi connectivity index (χ0) is 11.4. The summed E-state index contributed by atoms with van der Waals surface area (Å²) in [5.74, 6) is 0.753. The maximum Gasteiger partial charge on any atom is 0.223 e. The van der Waals surface area contributed by atoms with Gasteiger partial charge in [-0.2, -0.15) is 0 Å². The number of carbonyl (C=O) groups excluding carboxylic acids is 1. The van der Waals surface area contributed by atoms with Crippen molar-refractivity contribution in [1.82, 2.24) is 10.6 Å². The number of hydrogen-bond acceptors (Lipinski definition) is 2. The van der Waals surface area contributed by atoms with Crippen molar-refractivity contribution in [2.45, 2.75) is 52.6 Å². The van der Waals surface area contributed by atoms with E-state index in [2.05, 4.69) is 31.4 Å². The van der Waals surface area contributed by atoms with E-state index in [9.17, 15) is 4.79 Å². The van der Waals surface area contributed by atoms with Crippen LogP contribution < -0.4 is 10.6 Å². The van der Waals surface area contributed by atoms with Crippen LogP contribution in [0.3, 0.4) is 0 Å². The molecule has 0 bridgehead atoms. The van der Waals surface area contributed by atoms with Crippen molar-refractivity contribution in [3.63, 3.8) is 0 Å². The first-order valence-electron chi connectivity index (χ1n) is 6.04. The minimum Gasteiger partial charge on any atom is -0.353 e. The number of nitrogens with one attached hydrogen (secondary N) is 2. The maximum absolute atomic E-state index is 11.8. The third-order valence-electron chi connectivity index (χ3n) is 3.38. The molecular weight excluding hydrogens is 188 g/mol. The van der Waals surface area contributed by atoms with Crippen LogP contribution in [0.2, 0.25) is 0 Å². The van der Waals surface area contributed by atoms with Gasteiger partial charge in [-0.25, -0.2) is 0 Å². The van der Waals surface area contributed by atoms with Gasteiger partial charge in [0.1, 0.15) is 0 Å². The van der Waals surface area contributed by atoms with Crippen molar-refractivity contribution < 1.29 is 4.79 Å². The smallest absolute Gasteiger partial charge is 0.223 e. The molecule has 0 aromatic heterocycles. The number of piperidine rings is 1. The molecule has 1 aliphatic rings. The van der Waals surface area contributed by atoms with E-state index < -0.39 is 0 Å². The highest BCUT2D eigenvalue weighted by atomic mass is 16.1. The molecule has 3 unspecified atom stereocenters. The molecule has 88 valence electrons. The minimum atomic E-state index is 0.121. The normalized spacial score (nSPS) is 28.9. The van der Waals surface area contributed by atoms with Crippen molar-refractivity contribution in [3.05, 3.63) is 0 Å². The van der Waals surface area contributed by atoms with Crippen LogP contribution in [-0.2, 0) is 4.79 Å². The molecule has 1 amide bonds. The fourth-order valence-electron chi connectivity index (χ4n) is 1.90. The molecule has 0 radical (unpaired) electrons. The lowest BCUT2D eigenvalue weighted by Crippen LogP contribution is -2.48. The summed E-state index contributed by atoms with van der Waals surface area (Å²) in [4.78, 5) is 11.8. The van der Waals surface area contributed by atoms with Gasteiger partial charge in [0.25, 0.3) is 0 Å². The molecule has 0 aromatic rings. The standard InChI is InChI=1S/C12H24N2O/c1-8(2)10(4)12(15)14-11-5-6-13-9(3)7-11/h8-11,13H,5-7H2,1-4H3,(H,14,15). The topological polar surface area (TPSA) is 41.1 Å². The van der Waals surface area contributed by atoms with Gasteiger partial charge in [0.05, 0.1) is 0 Å². The number of hydrogen-bond donors (Lipinski definition) is 2. The Bertz CT molecular complexity index is 216. The molecule has 0 spiro atoms. The minimum absolute atomic E-state index is 0.121. The maximum atomic E-state index is 11.8. The van der Waals surface area contributed by atoms with Gasteiger partial charge < -0.3 is 10.6 Å². The molecular formula is C12H24N2O. The van der Waals surface area contributed by atoms with Crippen LogP contribution in [0.4, 0.5) is 0 Å². The van der Waals surface area contributed by atoms with E-state index >= 15 is 0 Å². The van der Waals surface area contributed by atoms with Crippen LogP contribution in [0, 0.1) is 11.8 Å². The summed E-state index contributed by atoms with van der Waals surface area (Å²) in [5, 5.41) is 6.54. The highest BCUT2D eigenvalue weighted by Crippen LogP contribution is 2.13. The molecule has 15 heavy (non-hydrogen) atoms. The Balaban J connectivity index is 2.37. The summed E-state index contributed by atoms with van der Waals surface area (Å²) in [5.41, 5.74) is 0. The van der Waals surface area contributed by atoms with Crippen LogP contribution in [0.1, 0.15) is 40.5 Å². The molecule has 1 heterocycles. The first kappa shape index (κ1) is 12.5. The lowest BCUT2D eigenvalue weighted by Gasteiger charge is -2.30. The van der Waals surface area contributed by atoms with Gasteiger partial charge in [-0.05, 0) is 32.2 Å². The van der Waals surface area contributed by atoms with E-state index in [0.717, 1.165) is 19.4 Å². The largest absolute Gasteiger partial charge is 0.353 e. The summed E-state index contributed by atoms with van der Waals surface area (Å²) in [6.45, 7) is 9.38. The van der Waals surface area contributed by atoms with E-state index in [-0.39, 0.29) is 11.8 Å². The van der Waals surface area contributed by atoms with Gasteiger partial charge in [-0.3, -0.25) is 4.79 Å². The summed E-state index contributed by atoms with van der Waals surface area (Å²) < 4.78 is 0. The zero-order valence-corrected chi connectivity index (χ0v) is 10.3. The Labute approximate surface area is 93.0 Å². The van der Waals surface area contributed by atoms with Gasteiger partial charge in [0.15, 0.2) is 0 Å². The van der Waals surface area contributed by atoms with Crippen LogP contribution in [0.25, 0.3) is 0 Å². The van der Waals surface area contributed by atoms with Gasteiger partial charge in [0, 0.05) is 18.0 Å². The van der Waals surface area contributed by atoms with Crippen molar-refractivity contribution in [2.24, 2.45) is 11.8 Å². The Hall–Kier alpha value is -0.570. The third-order valence-corrected chi connectivity index (χ3v) is 3.38. The zero-order valence-electron chi connectivity index (χ0n) is 10.3. The van der Waals surface area contributed by atoms with E-state index in [1.807, 2.05) is 6.92 Å². The average Bonchev–Trinajstić information content (AvgIpc) is 2.16. The van der Waals surface area contributed by atoms with E-state index in [0.29, 0.717) is 18.0 Å². The molecule has 3 nitrogen and oxygen atoms in total. The third kappa shape index (κ3) is 3.82. The van der Waals surface area contributed by atoms with Crippen LogP contribution in [0.15, 0.2) is 0 Å². The monoisotopic (exact) mass is 212 g/mol. The Kier molecular flexibility index (Phi) is 4.58. The number of amides is 1. The van der Waals surface area contributed by atoms with Crippen molar-refractivity contribution >= 4 is 5.91 Å². The molecule has 2 N–H and O–H groups in total. The summed E-state index contributed by atoms with van der Waals surface area (Å²) >= 11 is 0. The first-order chi connectivity index (χ1) is 7.00. The Morgan fingerprint density at radius 3 is 2.60 bits per heavy atom. The van der Waals surface area contributed by atoms with Crippen molar-refractivity contribution in [1.29, 1.82) is 0 Å².